The highest BCUT2D eigenvalue weighted by atomic mass is 16.5. The Balaban J connectivity index is 2.20. The maximum atomic E-state index is 10.5. The number of carbonyl (C=O) groups excluding carboxylic acids is 1. The van der Waals surface area contributed by atoms with E-state index in [4.69, 9.17) is 4.74 Å². The highest BCUT2D eigenvalue weighted by Crippen LogP contribution is 2.29. The van der Waals surface area contributed by atoms with E-state index in [-0.39, 0.29) is 0 Å². The van der Waals surface area contributed by atoms with E-state index in [9.17, 15) is 4.79 Å². The Morgan fingerprint density at radius 3 is 2.78 bits per heavy atom. The van der Waals surface area contributed by atoms with Crippen molar-refractivity contribution in [3.05, 3.63) is 47.2 Å². The van der Waals surface area contributed by atoms with E-state index in [1.54, 1.807) is 7.11 Å². The van der Waals surface area contributed by atoms with Gasteiger partial charge in [-0.3, -0.25) is 14.7 Å². The van der Waals surface area contributed by atoms with Gasteiger partial charge in [-0.15, -0.1) is 0 Å². The van der Waals surface area contributed by atoms with Gasteiger partial charge in [0.2, 0.25) is 6.41 Å². The van der Waals surface area contributed by atoms with Crippen LogP contribution in [0.2, 0.25) is 0 Å². The van der Waals surface area contributed by atoms with Gasteiger partial charge in [0.1, 0.15) is 5.75 Å². The van der Waals surface area contributed by atoms with Gasteiger partial charge in [-0.1, -0.05) is 6.92 Å². The summed E-state index contributed by atoms with van der Waals surface area (Å²) in [7, 11) is 1.70. The highest BCUT2D eigenvalue weighted by molar-refractivity contribution is 5.64. The average Bonchev–Trinajstić information content (AvgIpc) is 2.68. The second kappa shape index (κ2) is 10.6. The molecule has 0 saturated heterocycles. The van der Waals surface area contributed by atoms with E-state index in [0.717, 1.165) is 55.3 Å². The van der Waals surface area contributed by atoms with Gasteiger partial charge in [-0.25, -0.2) is 0 Å². The molecule has 0 unspecified atom stereocenters. The molecular formula is C21H30N4O2. The molecule has 0 spiro atoms. The number of methoxy groups -OCH3 is 1. The van der Waals surface area contributed by atoms with Crippen molar-refractivity contribution in [3.63, 3.8) is 0 Å². The maximum absolute atomic E-state index is 10.5. The molecule has 1 heterocycles. The zero-order chi connectivity index (χ0) is 19.6. The summed E-state index contributed by atoms with van der Waals surface area (Å²) in [5.74, 6) is 0.880. The molecule has 2 aromatic rings. The zero-order valence-corrected chi connectivity index (χ0v) is 16.7. The van der Waals surface area contributed by atoms with Gasteiger partial charge in [0.05, 0.1) is 12.8 Å². The van der Waals surface area contributed by atoms with Gasteiger partial charge in [0, 0.05) is 38.1 Å². The number of nitrogens with zero attached hydrogens (tertiary/aromatic N) is 2. The molecule has 0 aliphatic rings. The number of rotatable bonds is 11. The van der Waals surface area contributed by atoms with Crippen LogP contribution in [0.3, 0.4) is 0 Å². The Bertz CT molecular complexity index is 749. The Labute approximate surface area is 161 Å². The summed E-state index contributed by atoms with van der Waals surface area (Å²) in [5, 5.41) is 6.07. The number of benzene rings is 1. The predicted molar refractivity (Wildman–Crippen MR) is 109 cm³/mol. The zero-order valence-electron chi connectivity index (χ0n) is 16.7. The van der Waals surface area contributed by atoms with Crippen molar-refractivity contribution < 1.29 is 9.53 Å². The number of nitrogens with one attached hydrogen (secondary N) is 2. The molecule has 2 N–H and O–H groups in total. The summed E-state index contributed by atoms with van der Waals surface area (Å²) < 4.78 is 5.50. The minimum atomic E-state index is 0.626. The minimum absolute atomic E-state index is 0.626. The first-order valence-electron chi connectivity index (χ1n) is 9.29. The molecule has 6 heteroatoms. The number of hydrogen-bond acceptors (Lipinski definition) is 5. The molecule has 27 heavy (non-hydrogen) atoms. The van der Waals surface area contributed by atoms with Crippen LogP contribution < -0.4 is 15.4 Å². The topological polar surface area (TPSA) is 66.5 Å². The molecule has 2 rings (SSSR count). The number of ether oxygens (including phenoxy) is 1. The predicted octanol–water partition coefficient (Wildman–Crippen LogP) is 2.49. The molecule has 0 radical (unpaired) electrons. The molecule has 146 valence electrons. The van der Waals surface area contributed by atoms with Crippen LogP contribution in [0.4, 0.5) is 0 Å². The van der Waals surface area contributed by atoms with Crippen molar-refractivity contribution in [3.8, 4) is 17.0 Å². The normalized spacial score (nSPS) is 10.9. The average molecular weight is 370 g/mol. The van der Waals surface area contributed by atoms with E-state index in [0.29, 0.717) is 6.54 Å². The molecule has 0 bridgehead atoms. The first kappa shape index (κ1) is 20.9. The van der Waals surface area contributed by atoms with Crippen LogP contribution in [0, 0.1) is 13.8 Å². The standard InChI is InChI=1S/C21H30N4O2/c1-5-22-14-25(9-8-23-15-26)13-18-6-7-24-20(11-18)19-10-16(2)17(3)21(12-19)27-4/h6-7,10-12,15,22H,5,8-9,13-14H2,1-4H3,(H,23,26). The monoisotopic (exact) mass is 370 g/mol. The summed E-state index contributed by atoms with van der Waals surface area (Å²) in [5.41, 5.74) is 5.50. The molecule has 0 fully saturated rings. The Hall–Kier alpha value is -2.44. The first-order valence-corrected chi connectivity index (χ1v) is 9.29. The molecule has 1 amide bonds. The van der Waals surface area contributed by atoms with Crippen molar-refractivity contribution >= 4 is 6.41 Å². The maximum Gasteiger partial charge on any atom is 0.207 e. The van der Waals surface area contributed by atoms with E-state index in [2.05, 4.69) is 53.4 Å². The highest BCUT2D eigenvalue weighted by Gasteiger charge is 2.10. The van der Waals surface area contributed by atoms with Crippen LogP contribution in [-0.2, 0) is 11.3 Å². The van der Waals surface area contributed by atoms with Crippen LogP contribution in [0.25, 0.3) is 11.3 Å². The summed E-state index contributed by atoms with van der Waals surface area (Å²) in [4.78, 5) is 17.3. The van der Waals surface area contributed by atoms with Gasteiger partial charge in [0.25, 0.3) is 0 Å². The largest absolute Gasteiger partial charge is 0.496 e. The molecule has 0 aliphatic heterocycles. The SMILES string of the molecule is CCNCN(CCNC=O)Cc1ccnc(-c2cc(C)c(C)c(OC)c2)c1. The molecule has 0 saturated carbocycles. The molecule has 6 nitrogen and oxygen atoms in total. The second-order valence-corrected chi connectivity index (χ2v) is 6.56. The summed E-state index contributed by atoms with van der Waals surface area (Å²) >= 11 is 0. The first-order chi connectivity index (χ1) is 13.1. The lowest BCUT2D eigenvalue weighted by atomic mass is 10.0. The smallest absolute Gasteiger partial charge is 0.207 e. The number of pyridine rings is 1. The fraction of sp³-hybridized carbons (Fsp3) is 0.429. The van der Waals surface area contributed by atoms with Crippen molar-refractivity contribution in [2.24, 2.45) is 0 Å². The van der Waals surface area contributed by atoms with E-state index >= 15 is 0 Å². The number of aryl methyl sites for hydroxylation is 1. The van der Waals surface area contributed by atoms with Crippen molar-refractivity contribution in [1.82, 2.24) is 20.5 Å². The third-order valence-corrected chi connectivity index (χ3v) is 4.61. The van der Waals surface area contributed by atoms with Crippen LogP contribution in [-0.4, -0.2) is 49.7 Å². The van der Waals surface area contributed by atoms with Crippen LogP contribution in [0.5, 0.6) is 5.75 Å². The Morgan fingerprint density at radius 1 is 1.26 bits per heavy atom. The van der Waals surface area contributed by atoms with Crippen LogP contribution in [0.1, 0.15) is 23.6 Å². The molecular weight excluding hydrogens is 340 g/mol. The fourth-order valence-electron chi connectivity index (χ4n) is 2.94. The lowest BCUT2D eigenvalue weighted by Gasteiger charge is -2.22. The van der Waals surface area contributed by atoms with E-state index in [1.165, 1.54) is 11.1 Å². The van der Waals surface area contributed by atoms with Crippen molar-refractivity contribution in [1.29, 1.82) is 0 Å². The van der Waals surface area contributed by atoms with Gasteiger partial charge in [0.15, 0.2) is 0 Å². The molecule has 1 aromatic heterocycles. The number of carbonyl (C=O) groups is 1. The number of hydrogen-bond donors (Lipinski definition) is 2. The lowest BCUT2D eigenvalue weighted by Crippen LogP contribution is -2.38. The van der Waals surface area contributed by atoms with E-state index in [1.807, 2.05) is 18.3 Å². The molecule has 0 aliphatic carbocycles. The third-order valence-electron chi connectivity index (χ3n) is 4.61. The van der Waals surface area contributed by atoms with Crippen LogP contribution >= 0.6 is 0 Å². The van der Waals surface area contributed by atoms with E-state index < -0.39 is 0 Å². The van der Waals surface area contributed by atoms with Gasteiger partial charge in [-0.2, -0.15) is 0 Å². The molecule has 1 aromatic carbocycles. The Kier molecular flexibility index (Phi) is 8.23. The summed E-state index contributed by atoms with van der Waals surface area (Å²) in [6.07, 6.45) is 2.59. The number of amides is 1. The quantitative estimate of drug-likeness (QED) is 0.361. The van der Waals surface area contributed by atoms with Gasteiger partial charge >= 0.3 is 0 Å². The van der Waals surface area contributed by atoms with Crippen molar-refractivity contribution in [2.45, 2.75) is 27.3 Å². The lowest BCUT2D eigenvalue weighted by molar-refractivity contribution is -0.109. The minimum Gasteiger partial charge on any atom is -0.496 e. The third kappa shape index (κ3) is 6.05. The van der Waals surface area contributed by atoms with Crippen molar-refractivity contribution in [2.75, 3.05) is 33.4 Å². The number of aromatic nitrogens is 1. The second-order valence-electron chi connectivity index (χ2n) is 6.56. The fourth-order valence-corrected chi connectivity index (χ4v) is 2.94. The van der Waals surface area contributed by atoms with Crippen LogP contribution in [0.15, 0.2) is 30.5 Å². The summed E-state index contributed by atoms with van der Waals surface area (Å²) in [6, 6.07) is 8.34. The Morgan fingerprint density at radius 2 is 2.07 bits per heavy atom. The summed E-state index contributed by atoms with van der Waals surface area (Å²) in [6.45, 7) is 10.1. The van der Waals surface area contributed by atoms with Gasteiger partial charge < -0.3 is 15.4 Å². The van der Waals surface area contributed by atoms with Gasteiger partial charge in [-0.05, 0) is 61.3 Å². The molecule has 0 atom stereocenters.